The molecule has 4 rings (SSSR count). The van der Waals surface area contributed by atoms with Gasteiger partial charge in [-0.15, -0.1) is 0 Å². The van der Waals surface area contributed by atoms with E-state index in [1.807, 2.05) is 6.07 Å². The summed E-state index contributed by atoms with van der Waals surface area (Å²) in [5, 5.41) is 8.70. The van der Waals surface area contributed by atoms with Crippen molar-refractivity contribution in [2.75, 3.05) is 0 Å². The molecule has 0 amide bonds. The van der Waals surface area contributed by atoms with Crippen LogP contribution in [0.1, 0.15) is 0 Å². The predicted octanol–water partition coefficient (Wildman–Crippen LogP) is 3.60. The average molecular weight is 364 g/mol. The van der Waals surface area contributed by atoms with E-state index in [9.17, 15) is 0 Å². The lowest BCUT2D eigenvalue weighted by Crippen LogP contribution is -1.94. The van der Waals surface area contributed by atoms with Gasteiger partial charge in [-0.25, -0.2) is 19.9 Å². The van der Waals surface area contributed by atoms with E-state index >= 15 is 0 Å². The van der Waals surface area contributed by atoms with Gasteiger partial charge in [-0.3, -0.25) is 5.10 Å². The zero-order valence-corrected chi connectivity index (χ0v) is 13.6. The van der Waals surface area contributed by atoms with E-state index in [4.69, 9.17) is 23.2 Å². The third-order valence-corrected chi connectivity index (χ3v) is 4.34. The van der Waals surface area contributed by atoms with E-state index in [-0.39, 0.29) is 0 Å². The summed E-state index contributed by atoms with van der Waals surface area (Å²) in [5.74, 6) is 0. The Labute approximate surface area is 143 Å². The van der Waals surface area contributed by atoms with Crippen molar-refractivity contribution in [2.45, 2.75) is 10.3 Å². The maximum atomic E-state index is 6.31. The molecule has 4 aromatic rings. The van der Waals surface area contributed by atoms with E-state index in [0.717, 1.165) is 5.56 Å². The predicted molar refractivity (Wildman–Crippen MR) is 87.6 cm³/mol. The number of imidazole rings is 1. The normalized spacial score (nSPS) is 11.2. The van der Waals surface area contributed by atoms with Gasteiger partial charge in [0, 0.05) is 10.6 Å². The van der Waals surface area contributed by atoms with Gasteiger partial charge in [0.2, 0.25) is 0 Å². The number of hydrogen-bond acceptors (Lipinski definition) is 6. The highest BCUT2D eigenvalue weighted by Gasteiger charge is 2.16. The summed E-state index contributed by atoms with van der Waals surface area (Å²) in [6.45, 7) is 0. The van der Waals surface area contributed by atoms with Gasteiger partial charge in [0.05, 0.1) is 11.3 Å². The van der Waals surface area contributed by atoms with Gasteiger partial charge in [0.15, 0.2) is 16.0 Å². The molecule has 0 aliphatic carbocycles. The van der Waals surface area contributed by atoms with Crippen molar-refractivity contribution in [2.24, 2.45) is 0 Å². The fourth-order valence-corrected chi connectivity index (χ4v) is 3.20. The topological polar surface area (TPSA) is 96.0 Å². The number of benzene rings is 1. The van der Waals surface area contributed by atoms with Crippen molar-refractivity contribution in [1.82, 2.24) is 35.1 Å². The first-order valence-corrected chi connectivity index (χ1v) is 7.98. The third kappa shape index (κ3) is 2.76. The maximum absolute atomic E-state index is 6.31. The molecule has 7 nitrogen and oxygen atoms in total. The zero-order chi connectivity index (χ0) is 15.8. The van der Waals surface area contributed by atoms with Crippen molar-refractivity contribution in [3.63, 3.8) is 0 Å². The summed E-state index contributed by atoms with van der Waals surface area (Å²) in [6.07, 6.45) is 2.99. The number of H-pyrrole nitrogens is 2. The molecule has 0 spiro atoms. The number of rotatable bonds is 3. The Morgan fingerprint density at radius 3 is 2.78 bits per heavy atom. The number of halogens is 2. The zero-order valence-electron chi connectivity index (χ0n) is 11.3. The quantitative estimate of drug-likeness (QED) is 0.540. The van der Waals surface area contributed by atoms with Crippen LogP contribution < -0.4 is 0 Å². The Bertz CT molecular complexity index is 983. The van der Waals surface area contributed by atoms with Crippen LogP contribution in [0.5, 0.6) is 0 Å². The highest BCUT2D eigenvalue weighted by atomic mass is 35.5. The van der Waals surface area contributed by atoms with Gasteiger partial charge in [-0.05, 0) is 30.0 Å². The molecule has 114 valence electrons. The molecule has 0 saturated carbocycles. The van der Waals surface area contributed by atoms with Crippen LogP contribution in [-0.4, -0.2) is 35.1 Å². The van der Waals surface area contributed by atoms with Gasteiger partial charge < -0.3 is 4.98 Å². The van der Waals surface area contributed by atoms with Crippen LogP contribution in [0.4, 0.5) is 0 Å². The van der Waals surface area contributed by atoms with Gasteiger partial charge >= 0.3 is 0 Å². The molecule has 3 heterocycles. The monoisotopic (exact) mass is 363 g/mol. The Kier molecular flexibility index (Phi) is 3.64. The minimum absolute atomic E-state index is 0.488. The summed E-state index contributed by atoms with van der Waals surface area (Å²) in [4.78, 5) is 20.3. The molecular formula is C13H7Cl2N7S. The molecule has 0 fully saturated rings. The molecule has 23 heavy (non-hydrogen) atoms. The smallest absolute Gasteiger partial charge is 0.198 e. The maximum Gasteiger partial charge on any atom is 0.198 e. The molecule has 0 aliphatic heterocycles. The van der Waals surface area contributed by atoms with Crippen LogP contribution in [0.25, 0.3) is 22.4 Å². The van der Waals surface area contributed by atoms with E-state index in [0.29, 0.717) is 37.2 Å². The minimum atomic E-state index is 0.488. The van der Waals surface area contributed by atoms with Crippen LogP contribution in [0.15, 0.2) is 41.2 Å². The van der Waals surface area contributed by atoms with Crippen LogP contribution in [-0.2, 0) is 0 Å². The Balaban J connectivity index is 1.88. The van der Waals surface area contributed by atoms with Crippen LogP contribution in [0, 0.1) is 0 Å². The minimum Gasteiger partial charge on any atom is -0.341 e. The second-order valence-electron chi connectivity index (χ2n) is 4.47. The summed E-state index contributed by atoms with van der Waals surface area (Å²) >= 11 is 13.5. The summed E-state index contributed by atoms with van der Waals surface area (Å²) in [6, 6.07) is 5.25. The molecule has 0 radical (unpaired) electrons. The highest BCUT2D eigenvalue weighted by Crippen LogP contribution is 2.34. The van der Waals surface area contributed by atoms with Crippen LogP contribution in [0.3, 0.4) is 0 Å². The van der Waals surface area contributed by atoms with E-state index in [1.54, 1.807) is 18.5 Å². The van der Waals surface area contributed by atoms with E-state index < -0.39 is 0 Å². The lowest BCUT2D eigenvalue weighted by Gasteiger charge is -2.07. The number of aromatic nitrogens is 7. The van der Waals surface area contributed by atoms with Gasteiger partial charge in [-0.1, -0.05) is 23.2 Å². The first kappa shape index (κ1) is 14.4. The molecule has 0 atom stereocenters. The SMILES string of the molecule is Clc1ccc(-c2nc(Sc3ncn[nH]3)nc3nc[nH]c23)c(Cl)c1. The fraction of sp³-hybridized carbons (Fsp3) is 0. The number of aromatic amines is 2. The van der Waals surface area contributed by atoms with Crippen molar-refractivity contribution in [3.05, 3.63) is 40.9 Å². The first-order chi connectivity index (χ1) is 11.2. The molecule has 2 N–H and O–H groups in total. The molecule has 0 bridgehead atoms. The number of nitrogens with one attached hydrogen (secondary N) is 2. The summed E-state index contributed by atoms with van der Waals surface area (Å²) in [7, 11) is 0. The molecule has 10 heteroatoms. The molecule has 0 saturated heterocycles. The third-order valence-electron chi connectivity index (χ3n) is 3.03. The van der Waals surface area contributed by atoms with Crippen molar-refractivity contribution in [1.29, 1.82) is 0 Å². The van der Waals surface area contributed by atoms with Crippen LogP contribution in [0.2, 0.25) is 10.0 Å². The van der Waals surface area contributed by atoms with Gasteiger partial charge in [0.25, 0.3) is 0 Å². The van der Waals surface area contributed by atoms with Crippen LogP contribution >= 0.6 is 35.0 Å². The highest BCUT2D eigenvalue weighted by molar-refractivity contribution is 7.99. The average Bonchev–Trinajstić information content (AvgIpc) is 3.18. The van der Waals surface area contributed by atoms with Crippen molar-refractivity contribution >= 4 is 46.1 Å². The lowest BCUT2D eigenvalue weighted by molar-refractivity contribution is 0.946. The molecule has 1 aromatic carbocycles. The first-order valence-electron chi connectivity index (χ1n) is 6.40. The molecule has 0 unspecified atom stereocenters. The molecule has 3 aromatic heterocycles. The van der Waals surface area contributed by atoms with Crippen molar-refractivity contribution < 1.29 is 0 Å². The fourth-order valence-electron chi connectivity index (χ4n) is 2.07. The Morgan fingerprint density at radius 2 is 2.00 bits per heavy atom. The van der Waals surface area contributed by atoms with Gasteiger partial charge in [0.1, 0.15) is 17.5 Å². The number of fused-ring (bicyclic) bond motifs is 1. The Hall–Kier alpha value is -2.16. The second kappa shape index (κ2) is 5.80. The number of nitrogens with zero attached hydrogens (tertiary/aromatic N) is 5. The van der Waals surface area contributed by atoms with Gasteiger partial charge in [-0.2, -0.15) is 5.10 Å². The lowest BCUT2D eigenvalue weighted by atomic mass is 10.1. The largest absolute Gasteiger partial charge is 0.341 e. The standard InChI is InChI=1S/C13H7Cl2N7S/c14-6-1-2-7(8(15)3-6)9-10-11(17-4-16-10)21-13(20-9)23-12-18-5-19-22-12/h1-5H,(H,18,19,22)(H,16,17,20,21). The molecule has 0 aliphatic rings. The Morgan fingerprint density at radius 1 is 1.09 bits per heavy atom. The summed E-state index contributed by atoms with van der Waals surface area (Å²) < 4.78 is 0. The molecular weight excluding hydrogens is 357 g/mol. The second-order valence-corrected chi connectivity index (χ2v) is 6.27. The number of hydrogen-bond donors (Lipinski definition) is 2. The van der Waals surface area contributed by atoms with Crippen molar-refractivity contribution in [3.8, 4) is 11.3 Å². The van der Waals surface area contributed by atoms with E-state index in [1.165, 1.54) is 18.1 Å². The van der Waals surface area contributed by atoms with E-state index in [2.05, 4.69) is 35.1 Å². The summed E-state index contributed by atoms with van der Waals surface area (Å²) in [5.41, 5.74) is 2.64.